The molecule has 0 aliphatic carbocycles. The van der Waals surface area contributed by atoms with Crippen LogP contribution in [-0.4, -0.2) is 31.1 Å². The molecule has 0 spiro atoms. The number of hydrogen-bond donors (Lipinski definition) is 1. The number of rotatable bonds is 4. The van der Waals surface area contributed by atoms with Crippen molar-refractivity contribution in [1.29, 1.82) is 0 Å². The van der Waals surface area contributed by atoms with Crippen LogP contribution >= 0.6 is 11.6 Å². The van der Waals surface area contributed by atoms with Crippen molar-refractivity contribution >= 4 is 21.4 Å². The summed E-state index contributed by atoms with van der Waals surface area (Å²) < 4.78 is 22.6. The van der Waals surface area contributed by atoms with Gasteiger partial charge in [-0.2, -0.15) is 0 Å². The van der Waals surface area contributed by atoms with E-state index in [1.54, 1.807) is 6.07 Å². The lowest BCUT2D eigenvalue weighted by Crippen LogP contribution is -2.32. The maximum Gasteiger partial charge on any atom is 0.152 e. The van der Waals surface area contributed by atoms with Gasteiger partial charge in [0.1, 0.15) is 0 Å². The molecule has 0 aromatic heterocycles. The van der Waals surface area contributed by atoms with Crippen LogP contribution in [0.1, 0.15) is 18.1 Å². The zero-order valence-corrected chi connectivity index (χ0v) is 11.7. The second-order valence-corrected chi connectivity index (χ2v) is 7.21. The highest BCUT2D eigenvalue weighted by Crippen LogP contribution is 2.20. The first kappa shape index (κ1) is 14.5. The fourth-order valence-corrected chi connectivity index (χ4v) is 2.47. The number of hydrogen-bond acceptors (Lipinski definition) is 3. The first-order valence-electron chi connectivity index (χ1n) is 5.33. The standard InChI is InChI=1S/C12H17ClO3S/c1-8-4-5-10(11(13)6-8)7-12(14)9(2)17(3,15)16/h4-6,9,12,14H,7H2,1-3H3. The third kappa shape index (κ3) is 3.98. The van der Waals surface area contributed by atoms with Gasteiger partial charge in [-0.15, -0.1) is 0 Å². The van der Waals surface area contributed by atoms with E-state index in [1.807, 2.05) is 19.1 Å². The molecule has 0 fully saturated rings. The molecule has 0 saturated heterocycles. The summed E-state index contributed by atoms with van der Waals surface area (Å²) in [6.45, 7) is 3.42. The van der Waals surface area contributed by atoms with Crippen molar-refractivity contribution in [3.63, 3.8) is 0 Å². The average molecular weight is 277 g/mol. The van der Waals surface area contributed by atoms with Crippen molar-refractivity contribution in [2.24, 2.45) is 0 Å². The lowest BCUT2D eigenvalue weighted by molar-refractivity contribution is 0.173. The molecule has 1 rings (SSSR count). The molecule has 0 radical (unpaired) electrons. The number of aliphatic hydroxyl groups excluding tert-OH is 1. The molecule has 96 valence electrons. The number of benzene rings is 1. The molecular formula is C12H17ClO3S. The van der Waals surface area contributed by atoms with Crippen molar-refractivity contribution in [1.82, 2.24) is 0 Å². The third-order valence-electron chi connectivity index (χ3n) is 2.85. The number of halogens is 1. The maximum absolute atomic E-state index is 11.3. The van der Waals surface area contributed by atoms with Crippen LogP contribution in [0.2, 0.25) is 5.02 Å². The molecule has 17 heavy (non-hydrogen) atoms. The van der Waals surface area contributed by atoms with E-state index in [2.05, 4.69) is 0 Å². The van der Waals surface area contributed by atoms with Crippen molar-refractivity contribution in [2.75, 3.05) is 6.26 Å². The Morgan fingerprint density at radius 2 is 2.00 bits per heavy atom. The van der Waals surface area contributed by atoms with Crippen molar-refractivity contribution in [2.45, 2.75) is 31.6 Å². The second-order valence-electron chi connectivity index (χ2n) is 4.40. The van der Waals surface area contributed by atoms with E-state index in [4.69, 9.17) is 11.6 Å². The Morgan fingerprint density at radius 3 is 2.47 bits per heavy atom. The number of aryl methyl sites for hydroxylation is 1. The Hall–Kier alpha value is -0.580. The van der Waals surface area contributed by atoms with Gasteiger partial charge in [0.05, 0.1) is 11.4 Å². The Bertz CT molecular complexity index is 496. The fourth-order valence-electron chi connectivity index (χ4n) is 1.49. The van der Waals surface area contributed by atoms with E-state index >= 15 is 0 Å². The molecule has 0 aliphatic rings. The fraction of sp³-hybridized carbons (Fsp3) is 0.500. The predicted molar refractivity (Wildman–Crippen MR) is 70.2 cm³/mol. The summed E-state index contributed by atoms with van der Waals surface area (Å²) in [5.74, 6) is 0. The summed E-state index contributed by atoms with van der Waals surface area (Å²) in [6, 6.07) is 5.50. The Balaban J connectivity index is 2.85. The van der Waals surface area contributed by atoms with Gasteiger partial charge in [-0.05, 0) is 31.0 Å². The smallest absolute Gasteiger partial charge is 0.152 e. The SMILES string of the molecule is Cc1ccc(CC(O)C(C)S(C)(=O)=O)c(Cl)c1. The highest BCUT2D eigenvalue weighted by Gasteiger charge is 2.24. The first-order valence-corrected chi connectivity index (χ1v) is 7.67. The highest BCUT2D eigenvalue weighted by molar-refractivity contribution is 7.91. The largest absolute Gasteiger partial charge is 0.391 e. The average Bonchev–Trinajstić information content (AvgIpc) is 2.19. The van der Waals surface area contributed by atoms with E-state index in [0.717, 1.165) is 17.4 Å². The summed E-state index contributed by atoms with van der Waals surface area (Å²) in [5.41, 5.74) is 1.80. The molecule has 0 saturated carbocycles. The maximum atomic E-state index is 11.3. The summed E-state index contributed by atoms with van der Waals surface area (Å²) in [6.07, 6.45) is 0.426. The van der Waals surface area contributed by atoms with Gasteiger partial charge in [-0.1, -0.05) is 23.7 Å². The van der Waals surface area contributed by atoms with Crippen LogP contribution in [-0.2, 0) is 16.3 Å². The minimum absolute atomic E-state index is 0.243. The lowest BCUT2D eigenvalue weighted by atomic mass is 10.0. The quantitative estimate of drug-likeness (QED) is 0.915. The summed E-state index contributed by atoms with van der Waals surface area (Å²) in [7, 11) is -3.24. The summed E-state index contributed by atoms with van der Waals surface area (Å²) in [5, 5.41) is 9.63. The third-order valence-corrected chi connectivity index (χ3v) is 4.87. The second kappa shape index (κ2) is 5.38. The van der Waals surface area contributed by atoms with Crippen LogP contribution < -0.4 is 0 Å². The monoisotopic (exact) mass is 276 g/mol. The molecular weight excluding hydrogens is 260 g/mol. The Morgan fingerprint density at radius 1 is 1.41 bits per heavy atom. The van der Waals surface area contributed by atoms with Gasteiger partial charge >= 0.3 is 0 Å². The zero-order valence-electron chi connectivity index (χ0n) is 10.1. The predicted octanol–water partition coefficient (Wildman–Crippen LogP) is 1.98. The van der Waals surface area contributed by atoms with Gasteiger partial charge < -0.3 is 5.11 Å². The molecule has 0 bridgehead atoms. The number of aliphatic hydroxyl groups is 1. The van der Waals surface area contributed by atoms with Gasteiger partial charge in [0.25, 0.3) is 0 Å². The molecule has 0 heterocycles. The van der Waals surface area contributed by atoms with E-state index in [0.29, 0.717) is 5.02 Å². The van der Waals surface area contributed by atoms with Crippen molar-refractivity contribution < 1.29 is 13.5 Å². The normalized spacial score (nSPS) is 15.6. The molecule has 3 nitrogen and oxygen atoms in total. The topological polar surface area (TPSA) is 54.4 Å². The minimum atomic E-state index is -3.24. The van der Waals surface area contributed by atoms with E-state index in [1.165, 1.54) is 6.92 Å². The molecule has 5 heteroatoms. The van der Waals surface area contributed by atoms with Crippen LogP contribution in [0.25, 0.3) is 0 Å². The van der Waals surface area contributed by atoms with Gasteiger partial charge in [0.2, 0.25) is 0 Å². The Kier molecular flexibility index (Phi) is 4.58. The first-order chi connectivity index (χ1) is 7.71. The zero-order chi connectivity index (χ0) is 13.2. The van der Waals surface area contributed by atoms with E-state index in [-0.39, 0.29) is 6.42 Å². The molecule has 2 atom stereocenters. The van der Waals surface area contributed by atoms with Crippen LogP contribution in [0.5, 0.6) is 0 Å². The van der Waals surface area contributed by atoms with E-state index < -0.39 is 21.2 Å². The van der Waals surface area contributed by atoms with Crippen LogP contribution in [0.3, 0.4) is 0 Å². The van der Waals surface area contributed by atoms with Gasteiger partial charge in [-0.25, -0.2) is 8.42 Å². The molecule has 0 aliphatic heterocycles. The van der Waals surface area contributed by atoms with Gasteiger partial charge in [-0.3, -0.25) is 0 Å². The Labute approximate surface area is 107 Å². The summed E-state index contributed by atoms with van der Waals surface area (Å²) in [4.78, 5) is 0. The van der Waals surface area contributed by atoms with Gasteiger partial charge in [0.15, 0.2) is 9.84 Å². The van der Waals surface area contributed by atoms with Crippen LogP contribution in [0.4, 0.5) is 0 Å². The summed E-state index contributed by atoms with van der Waals surface area (Å²) >= 11 is 6.03. The highest BCUT2D eigenvalue weighted by atomic mass is 35.5. The molecule has 1 aromatic carbocycles. The number of sulfone groups is 1. The van der Waals surface area contributed by atoms with Gasteiger partial charge in [0, 0.05) is 17.7 Å². The lowest BCUT2D eigenvalue weighted by Gasteiger charge is -2.17. The van der Waals surface area contributed by atoms with Crippen molar-refractivity contribution in [3.05, 3.63) is 34.3 Å². The molecule has 0 amide bonds. The van der Waals surface area contributed by atoms with Crippen LogP contribution in [0.15, 0.2) is 18.2 Å². The van der Waals surface area contributed by atoms with Crippen LogP contribution in [0, 0.1) is 6.92 Å². The molecule has 1 N–H and O–H groups in total. The van der Waals surface area contributed by atoms with E-state index in [9.17, 15) is 13.5 Å². The molecule has 2 unspecified atom stereocenters. The molecule has 1 aromatic rings. The minimum Gasteiger partial charge on any atom is -0.391 e. The van der Waals surface area contributed by atoms with Crippen molar-refractivity contribution in [3.8, 4) is 0 Å².